The molecule has 118 valence electrons. The van der Waals surface area contributed by atoms with Gasteiger partial charge in [0.05, 0.1) is 23.2 Å². The van der Waals surface area contributed by atoms with Crippen molar-refractivity contribution in [3.05, 3.63) is 33.3 Å². The standard InChI is InChI=1S/C14H15BrF4O2/c1-2-3-7-5-20-14(21-6-7)8-4-9(16)11(15)12(17)10(8)13(18)19/h4,7,13-14H,2-3,5-6H2,1H3/t7-,14-. The maximum absolute atomic E-state index is 13.8. The van der Waals surface area contributed by atoms with Crippen LogP contribution in [0.15, 0.2) is 10.5 Å². The minimum atomic E-state index is -3.09. The number of alkyl halides is 2. The lowest BCUT2D eigenvalue weighted by molar-refractivity contribution is -0.207. The molecule has 0 N–H and O–H groups in total. The first-order valence-corrected chi connectivity index (χ1v) is 7.43. The molecule has 1 saturated heterocycles. The summed E-state index contributed by atoms with van der Waals surface area (Å²) in [6, 6.07) is 0.833. The molecule has 1 aromatic rings. The highest BCUT2D eigenvalue weighted by atomic mass is 79.9. The zero-order chi connectivity index (χ0) is 15.6. The summed E-state index contributed by atoms with van der Waals surface area (Å²) in [6.07, 6.45) is -2.42. The quantitative estimate of drug-likeness (QED) is 0.540. The van der Waals surface area contributed by atoms with E-state index in [1.807, 2.05) is 6.92 Å². The topological polar surface area (TPSA) is 18.5 Å². The fourth-order valence-corrected chi connectivity index (χ4v) is 2.67. The SMILES string of the molecule is CCC[C@H]1CO[C@H](c2cc(F)c(Br)c(F)c2C(F)F)OC1. The van der Waals surface area contributed by atoms with Crippen molar-refractivity contribution < 1.29 is 27.0 Å². The van der Waals surface area contributed by atoms with Gasteiger partial charge in [-0.15, -0.1) is 0 Å². The molecule has 1 aliphatic rings. The smallest absolute Gasteiger partial charge is 0.267 e. The van der Waals surface area contributed by atoms with Crippen LogP contribution >= 0.6 is 15.9 Å². The van der Waals surface area contributed by atoms with Crippen LogP contribution in [0.1, 0.15) is 43.6 Å². The number of hydrogen-bond donors (Lipinski definition) is 0. The first-order valence-electron chi connectivity index (χ1n) is 6.64. The van der Waals surface area contributed by atoms with Gasteiger partial charge in [-0.1, -0.05) is 13.3 Å². The van der Waals surface area contributed by atoms with Gasteiger partial charge >= 0.3 is 0 Å². The Labute approximate surface area is 128 Å². The molecular weight excluding hydrogens is 356 g/mol. The maximum Gasteiger partial charge on any atom is 0.267 e. The van der Waals surface area contributed by atoms with Crippen LogP contribution in [-0.2, 0) is 9.47 Å². The Hall–Kier alpha value is -0.660. The van der Waals surface area contributed by atoms with E-state index >= 15 is 0 Å². The summed E-state index contributed by atoms with van der Waals surface area (Å²) in [4.78, 5) is 0. The zero-order valence-electron chi connectivity index (χ0n) is 11.3. The Bertz CT molecular complexity index is 502. The summed E-state index contributed by atoms with van der Waals surface area (Å²) in [7, 11) is 0. The third-order valence-electron chi connectivity index (χ3n) is 3.37. The first kappa shape index (κ1) is 16.7. The molecule has 21 heavy (non-hydrogen) atoms. The molecule has 0 spiro atoms. The Kier molecular flexibility index (Phi) is 5.62. The van der Waals surface area contributed by atoms with Gasteiger partial charge in [0.2, 0.25) is 0 Å². The molecular formula is C14H15BrF4O2. The lowest BCUT2D eigenvalue weighted by Crippen LogP contribution is -2.28. The number of halogens is 5. The molecule has 0 atom stereocenters. The van der Waals surface area contributed by atoms with E-state index < -0.39 is 34.4 Å². The van der Waals surface area contributed by atoms with Crippen molar-refractivity contribution >= 4 is 15.9 Å². The fourth-order valence-electron chi connectivity index (χ4n) is 2.34. The Balaban J connectivity index is 2.28. The summed E-state index contributed by atoms with van der Waals surface area (Å²) >= 11 is 2.62. The van der Waals surface area contributed by atoms with Gasteiger partial charge in [-0.25, -0.2) is 17.6 Å². The predicted molar refractivity (Wildman–Crippen MR) is 72.1 cm³/mol. The largest absolute Gasteiger partial charge is 0.348 e. The molecule has 0 bridgehead atoms. The molecule has 2 rings (SSSR count). The molecule has 0 radical (unpaired) electrons. The van der Waals surface area contributed by atoms with E-state index in [0.717, 1.165) is 18.9 Å². The van der Waals surface area contributed by atoms with E-state index in [1.165, 1.54) is 0 Å². The van der Waals surface area contributed by atoms with Gasteiger partial charge in [-0.3, -0.25) is 0 Å². The second kappa shape index (κ2) is 7.07. The first-order chi connectivity index (χ1) is 9.95. The van der Waals surface area contributed by atoms with Crippen LogP contribution < -0.4 is 0 Å². The van der Waals surface area contributed by atoms with E-state index in [0.29, 0.717) is 13.2 Å². The molecule has 1 heterocycles. The summed E-state index contributed by atoms with van der Waals surface area (Å²) in [5.74, 6) is -2.11. The number of benzene rings is 1. The second-order valence-corrected chi connectivity index (χ2v) is 5.74. The van der Waals surface area contributed by atoms with Gasteiger partial charge in [0.15, 0.2) is 6.29 Å². The van der Waals surface area contributed by atoms with Crippen molar-refractivity contribution in [2.75, 3.05) is 13.2 Å². The highest BCUT2D eigenvalue weighted by molar-refractivity contribution is 9.10. The highest BCUT2D eigenvalue weighted by Crippen LogP contribution is 2.38. The van der Waals surface area contributed by atoms with Crippen molar-refractivity contribution in [3.8, 4) is 0 Å². The van der Waals surface area contributed by atoms with Gasteiger partial charge in [0.25, 0.3) is 6.43 Å². The molecule has 1 aromatic carbocycles. The van der Waals surface area contributed by atoms with Gasteiger partial charge in [-0.05, 0) is 28.4 Å². The second-order valence-electron chi connectivity index (χ2n) is 4.94. The maximum atomic E-state index is 13.8. The van der Waals surface area contributed by atoms with Crippen LogP contribution in [0.5, 0.6) is 0 Å². The average molecular weight is 371 g/mol. The van der Waals surface area contributed by atoms with E-state index in [1.54, 1.807) is 0 Å². The number of hydrogen-bond acceptors (Lipinski definition) is 2. The van der Waals surface area contributed by atoms with E-state index in [2.05, 4.69) is 15.9 Å². The van der Waals surface area contributed by atoms with E-state index in [9.17, 15) is 17.6 Å². The molecule has 0 aliphatic carbocycles. The monoisotopic (exact) mass is 370 g/mol. The lowest BCUT2D eigenvalue weighted by Gasteiger charge is -2.30. The highest BCUT2D eigenvalue weighted by Gasteiger charge is 2.31. The van der Waals surface area contributed by atoms with Crippen LogP contribution in [0.3, 0.4) is 0 Å². The van der Waals surface area contributed by atoms with Gasteiger partial charge < -0.3 is 9.47 Å². The van der Waals surface area contributed by atoms with Gasteiger partial charge in [0, 0.05) is 11.5 Å². The molecule has 2 nitrogen and oxygen atoms in total. The summed E-state index contributed by atoms with van der Waals surface area (Å²) in [5, 5.41) is 0. The van der Waals surface area contributed by atoms with E-state index in [4.69, 9.17) is 9.47 Å². The van der Waals surface area contributed by atoms with Crippen molar-refractivity contribution in [1.82, 2.24) is 0 Å². The van der Waals surface area contributed by atoms with Crippen LogP contribution in [0, 0.1) is 17.6 Å². The fraction of sp³-hybridized carbons (Fsp3) is 0.571. The Morgan fingerprint density at radius 3 is 2.43 bits per heavy atom. The van der Waals surface area contributed by atoms with Crippen molar-refractivity contribution in [1.29, 1.82) is 0 Å². The average Bonchev–Trinajstić information content (AvgIpc) is 2.45. The summed E-state index contributed by atoms with van der Waals surface area (Å²) in [6.45, 7) is 2.65. The van der Waals surface area contributed by atoms with Gasteiger partial charge in [-0.2, -0.15) is 0 Å². The Morgan fingerprint density at radius 1 is 1.29 bits per heavy atom. The Morgan fingerprint density at radius 2 is 1.90 bits per heavy atom. The number of ether oxygens (including phenoxy) is 2. The molecule has 7 heteroatoms. The predicted octanol–water partition coefficient (Wildman–Crippen LogP) is 5.13. The van der Waals surface area contributed by atoms with Crippen LogP contribution in [0.25, 0.3) is 0 Å². The van der Waals surface area contributed by atoms with Crippen LogP contribution in [-0.4, -0.2) is 13.2 Å². The third-order valence-corrected chi connectivity index (χ3v) is 4.09. The molecule has 0 unspecified atom stereocenters. The third kappa shape index (κ3) is 3.57. The van der Waals surface area contributed by atoms with Crippen LogP contribution in [0.2, 0.25) is 0 Å². The molecule has 0 amide bonds. The van der Waals surface area contributed by atoms with Crippen LogP contribution in [0.4, 0.5) is 17.6 Å². The lowest BCUT2D eigenvalue weighted by atomic mass is 10.0. The molecule has 0 saturated carbocycles. The van der Waals surface area contributed by atoms with Crippen molar-refractivity contribution in [2.24, 2.45) is 5.92 Å². The van der Waals surface area contributed by atoms with Gasteiger partial charge in [0.1, 0.15) is 11.6 Å². The molecule has 1 fully saturated rings. The molecule has 1 aliphatic heterocycles. The summed E-state index contributed by atoms with van der Waals surface area (Å²) in [5.41, 5.74) is -1.18. The van der Waals surface area contributed by atoms with E-state index in [-0.39, 0.29) is 11.5 Å². The normalized spacial score (nSPS) is 22.8. The molecule has 0 aromatic heterocycles. The minimum Gasteiger partial charge on any atom is -0.348 e. The summed E-state index contributed by atoms with van der Waals surface area (Å²) < 4.78 is 63.7. The zero-order valence-corrected chi connectivity index (χ0v) is 12.9. The minimum absolute atomic E-state index is 0.173. The number of rotatable bonds is 4. The van der Waals surface area contributed by atoms with Crippen molar-refractivity contribution in [2.45, 2.75) is 32.5 Å². The van der Waals surface area contributed by atoms with Crippen molar-refractivity contribution in [3.63, 3.8) is 0 Å².